The molecule has 2 amide bonds. The number of para-hydroxylation sites is 2. The van der Waals surface area contributed by atoms with E-state index in [1.54, 1.807) is 6.07 Å². The average Bonchev–Trinajstić information content (AvgIpc) is 2.55. The van der Waals surface area contributed by atoms with Crippen molar-refractivity contribution in [1.82, 2.24) is 5.43 Å². The Balaban J connectivity index is 2.28. The van der Waals surface area contributed by atoms with Crippen molar-refractivity contribution in [3.05, 3.63) is 58.6 Å². The molecule has 2 aromatic carbocycles. The highest BCUT2D eigenvalue weighted by molar-refractivity contribution is 9.10. The zero-order valence-corrected chi connectivity index (χ0v) is 13.7. The molecular formula is C15H18BrN5O. The van der Waals surface area contributed by atoms with Crippen LogP contribution in [-0.2, 0) is 6.54 Å². The first-order valence-corrected chi connectivity index (χ1v) is 7.43. The van der Waals surface area contributed by atoms with Gasteiger partial charge in [-0.2, -0.15) is 0 Å². The van der Waals surface area contributed by atoms with Crippen LogP contribution in [0.2, 0.25) is 0 Å². The summed E-state index contributed by atoms with van der Waals surface area (Å²) in [6.07, 6.45) is 0. The summed E-state index contributed by atoms with van der Waals surface area (Å²) in [5, 5.41) is 0.992. The lowest BCUT2D eigenvalue weighted by molar-refractivity contribution is 0.246. The molecule has 0 atom stereocenters. The Morgan fingerprint density at radius 2 is 1.73 bits per heavy atom. The van der Waals surface area contributed by atoms with Crippen molar-refractivity contribution in [2.75, 3.05) is 17.0 Å². The highest BCUT2D eigenvalue weighted by atomic mass is 79.9. The number of hydrogen-bond donors (Lipinski definition) is 3. The molecule has 6 nitrogen and oxygen atoms in total. The van der Waals surface area contributed by atoms with Crippen molar-refractivity contribution in [3.8, 4) is 0 Å². The summed E-state index contributed by atoms with van der Waals surface area (Å²) in [4.78, 5) is 13.7. The second-order valence-corrected chi connectivity index (χ2v) is 5.61. The number of rotatable bonds is 4. The van der Waals surface area contributed by atoms with E-state index >= 15 is 0 Å². The first-order valence-electron chi connectivity index (χ1n) is 6.63. The zero-order chi connectivity index (χ0) is 16.1. The number of carbonyl (C=O) groups excluding carboxylic acids is 1. The minimum absolute atomic E-state index is 0.569. The molecule has 0 aliphatic carbocycles. The molecule has 0 unspecified atom stereocenters. The van der Waals surface area contributed by atoms with E-state index < -0.39 is 6.03 Å². The molecule has 0 saturated carbocycles. The standard InChI is InChI=1S/C15H18BrN5O/c1-20(10-11-6-2-3-7-12(11)16)13-8-4-5-9-14(13)21(18)15(22)19-17/h2-9H,10,17-18H2,1H3,(H,19,22). The molecular weight excluding hydrogens is 346 g/mol. The highest BCUT2D eigenvalue weighted by Crippen LogP contribution is 2.29. The Hall–Kier alpha value is -2.09. The SMILES string of the molecule is CN(Cc1ccccc1Br)c1ccccc1N(N)C(=O)NN. The average molecular weight is 364 g/mol. The number of carbonyl (C=O) groups is 1. The molecule has 116 valence electrons. The van der Waals surface area contributed by atoms with Gasteiger partial charge in [0.1, 0.15) is 0 Å². The van der Waals surface area contributed by atoms with Gasteiger partial charge in [-0.1, -0.05) is 46.3 Å². The zero-order valence-electron chi connectivity index (χ0n) is 12.2. The van der Waals surface area contributed by atoms with Gasteiger partial charge in [0.15, 0.2) is 0 Å². The summed E-state index contributed by atoms with van der Waals surface area (Å²) < 4.78 is 1.03. The summed E-state index contributed by atoms with van der Waals surface area (Å²) in [6.45, 7) is 0.663. The maximum atomic E-state index is 11.6. The number of benzene rings is 2. The fourth-order valence-electron chi connectivity index (χ4n) is 2.14. The highest BCUT2D eigenvalue weighted by Gasteiger charge is 2.16. The van der Waals surface area contributed by atoms with Crippen molar-refractivity contribution >= 4 is 33.3 Å². The molecule has 0 spiro atoms. The van der Waals surface area contributed by atoms with Gasteiger partial charge in [0.2, 0.25) is 0 Å². The minimum atomic E-state index is -0.582. The number of nitrogens with zero attached hydrogens (tertiary/aromatic N) is 2. The molecule has 5 N–H and O–H groups in total. The van der Waals surface area contributed by atoms with E-state index in [-0.39, 0.29) is 0 Å². The quantitative estimate of drug-likeness (QED) is 0.442. The number of amides is 2. The Morgan fingerprint density at radius 1 is 1.14 bits per heavy atom. The third-order valence-corrected chi connectivity index (χ3v) is 4.03. The summed E-state index contributed by atoms with van der Waals surface area (Å²) in [6, 6.07) is 14.8. The first-order chi connectivity index (χ1) is 10.5. The van der Waals surface area contributed by atoms with E-state index in [0.29, 0.717) is 12.2 Å². The molecule has 2 rings (SSSR count). The van der Waals surface area contributed by atoms with E-state index in [9.17, 15) is 4.79 Å². The van der Waals surface area contributed by atoms with Gasteiger partial charge in [0.05, 0.1) is 11.4 Å². The van der Waals surface area contributed by atoms with Gasteiger partial charge < -0.3 is 4.90 Å². The van der Waals surface area contributed by atoms with Crippen molar-refractivity contribution in [2.45, 2.75) is 6.54 Å². The number of hydrogen-bond acceptors (Lipinski definition) is 4. The van der Waals surface area contributed by atoms with E-state index in [1.807, 2.05) is 59.8 Å². The van der Waals surface area contributed by atoms with Crippen LogP contribution in [0, 0.1) is 0 Å². The number of hydrazine groups is 2. The van der Waals surface area contributed by atoms with Crippen LogP contribution in [0.15, 0.2) is 53.0 Å². The smallest absolute Gasteiger partial charge is 0.350 e. The van der Waals surface area contributed by atoms with Gasteiger partial charge in [-0.3, -0.25) is 5.43 Å². The molecule has 22 heavy (non-hydrogen) atoms. The first kappa shape index (κ1) is 16.3. The Bertz CT molecular complexity index is 664. The van der Waals surface area contributed by atoms with Crippen LogP contribution < -0.4 is 27.0 Å². The fraction of sp³-hybridized carbons (Fsp3) is 0.133. The lowest BCUT2D eigenvalue weighted by Gasteiger charge is -2.26. The van der Waals surface area contributed by atoms with E-state index in [2.05, 4.69) is 15.9 Å². The topological polar surface area (TPSA) is 87.6 Å². The Labute approximate surface area is 137 Å². The second kappa shape index (κ2) is 7.26. The van der Waals surface area contributed by atoms with E-state index in [4.69, 9.17) is 11.7 Å². The number of urea groups is 1. The van der Waals surface area contributed by atoms with Crippen LogP contribution in [-0.4, -0.2) is 13.1 Å². The van der Waals surface area contributed by atoms with Crippen LogP contribution in [0.4, 0.5) is 16.2 Å². The van der Waals surface area contributed by atoms with Crippen LogP contribution in [0.5, 0.6) is 0 Å². The van der Waals surface area contributed by atoms with E-state index in [1.165, 1.54) is 0 Å². The van der Waals surface area contributed by atoms with Crippen molar-refractivity contribution in [2.24, 2.45) is 11.7 Å². The maximum absolute atomic E-state index is 11.6. The van der Waals surface area contributed by atoms with Gasteiger partial charge in [-0.15, -0.1) is 0 Å². The second-order valence-electron chi connectivity index (χ2n) is 4.76. The molecule has 0 aliphatic heterocycles. The van der Waals surface area contributed by atoms with Gasteiger partial charge in [-0.25, -0.2) is 21.5 Å². The van der Waals surface area contributed by atoms with Crippen LogP contribution >= 0.6 is 15.9 Å². The lowest BCUT2D eigenvalue weighted by atomic mass is 10.2. The fourth-order valence-corrected chi connectivity index (χ4v) is 2.55. The largest absolute Gasteiger partial charge is 0.368 e. The van der Waals surface area contributed by atoms with Crippen LogP contribution in [0.25, 0.3) is 0 Å². The van der Waals surface area contributed by atoms with Crippen molar-refractivity contribution < 1.29 is 4.79 Å². The van der Waals surface area contributed by atoms with Crippen LogP contribution in [0.1, 0.15) is 5.56 Å². The normalized spacial score (nSPS) is 10.2. The van der Waals surface area contributed by atoms with Gasteiger partial charge in [-0.05, 0) is 23.8 Å². The molecule has 0 heterocycles. The maximum Gasteiger partial charge on any atom is 0.350 e. The molecule has 0 aliphatic rings. The number of anilines is 2. The van der Waals surface area contributed by atoms with Crippen molar-refractivity contribution in [3.63, 3.8) is 0 Å². The predicted octanol–water partition coefficient (Wildman–Crippen LogP) is 2.35. The predicted molar refractivity (Wildman–Crippen MR) is 92.1 cm³/mol. The summed E-state index contributed by atoms with van der Waals surface area (Å²) in [7, 11) is 1.94. The monoisotopic (exact) mass is 363 g/mol. The van der Waals surface area contributed by atoms with Crippen LogP contribution in [0.3, 0.4) is 0 Å². The molecule has 0 radical (unpaired) electrons. The van der Waals surface area contributed by atoms with E-state index in [0.717, 1.165) is 20.7 Å². The van der Waals surface area contributed by atoms with Gasteiger partial charge in [0.25, 0.3) is 0 Å². The lowest BCUT2D eigenvalue weighted by Crippen LogP contribution is -2.48. The van der Waals surface area contributed by atoms with Crippen molar-refractivity contribution in [1.29, 1.82) is 0 Å². The summed E-state index contributed by atoms with van der Waals surface area (Å²) >= 11 is 3.54. The molecule has 0 bridgehead atoms. The third kappa shape index (κ3) is 3.56. The Morgan fingerprint density at radius 3 is 2.36 bits per heavy atom. The molecule has 7 heteroatoms. The number of nitrogens with one attached hydrogen (secondary N) is 1. The Kier molecular flexibility index (Phi) is 5.37. The third-order valence-electron chi connectivity index (χ3n) is 3.26. The number of nitrogens with two attached hydrogens (primary N) is 2. The molecule has 2 aromatic rings. The summed E-state index contributed by atoms with van der Waals surface area (Å²) in [5.41, 5.74) is 4.55. The molecule has 0 saturated heterocycles. The van der Waals surface area contributed by atoms with Gasteiger partial charge in [0, 0.05) is 18.1 Å². The molecule has 0 fully saturated rings. The molecule has 0 aromatic heterocycles. The minimum Gasteiger partial charge on any atom is -0.368 e. The van der Waals surface area contributed by atoms with Gasteiger partial charge >= 0.3 is 6.03 Å². The summed E-state index contributed by atoms with van der Waals surface area (Å²) in [5.74, 6) is 11.0. The number of halogens is 1.